The Morgan fingerprint density at radius 3 is 2.90 bits per heavy atom. The van der Waals surface area contributed by atoms with Crippen LogP contribution in [0, 0.1) is 0 Å². The molecule has 0 unspecified atom stereocenters. The number of fused-ring (bicyclic) bond motifs is 1. The lowest BCUT2D eigenvalue weighted by Crippen LogP contribution is -2.44. The van der Waals surface area contributed by atoms with Gasteiger partial charge in [0.1, 0.15) is 0 Å². The molecule has 1 aromatic carbocycles. The maximum atomic E-state index is 12.3. The number of thiazole rings is 1. The summed E-state index contributed by atoms with van der Waals surface area (Å²) in [5.74, 6) is 0.178. The van der Waals surface area contributed by atoms with Crippen LogP contribution in [0.15, 0.2) is 28.6 Å². The SMILES string of the molecule is C[C@H](Sc1nc2ccccc2s1)C(=O)N1CCOCC1. The van der Waals surface area contributed by atoms with Gasteiger partial charge in [-0.2, -0.15) is 0 Å². The van der Waals surface area contributed by atoms with Gasteiger partial charge in [0.25, 0.3) is 0 Å². The van der Waals surface area contributed by atoms with E-state index >= 15 is 0 Å². The predicted octanol–water partition coefficient (Wildman–Crippen LogP) is 2.64. The summed E-state index contributed by atoms with van der Waals surface area (Å²) >= 11 is 3.19. The quantitative estimate of drug-likeness (QED) is 0.818. The number of rotatable bonds is 3. The number of amides is 1. The zero-order valence-electron chi connectivity index (χ0n) is 11.2. The van der Waals surface area contributed by atoms with Crippen LogP contribution in [0.4, 0.5) is 0 Å². The molecule has 0 spiro atoms. The summed E-state index contributed by atoms with van der Waals surface area (Å²) in [5, 5.41) is -0.103. The Labute approximate surface area is 126 Å². The Morgan fingerprint density at radius 2 is 2.15 bits per heavy atom. The van der Waals surface area contributed by atoms with Crippen LogP contribution >= 0.6 is 23.1 Å². The second kappa shape index (κ2) is 6.11. The second-order valence-corrected chi connectivity index (χ2v) is 7.26. The minimum absolute atomic E-state index is 0.103. The summed E-state index contributed by atoms with van der Waals surface area (Å²) in [6, 6.07) is 8.06. The van der Waals surface area contributed by atoms with Crippen LogP contribution in [0.3, 0.4) is 0 Å². The molecule has 106 valence electrons. The van der Waals surface area contributed by atoms with Crippen molar-refractivity contribution in [2.45, 2.75) is 16.5 Å². The van der Waals surface area contributed by atoms with E-state index in [1.807, 2.05) is 30.0 Å². The van der Waals surface area contributed by atoms with E-state index in [1.165, 1.54) is 4.70 Å². The lowest BCUT2D eigenvalue weighted by Gasteiger charge is -2.28. The Kier molecular flexibility index (Phi) is 4.24. The predicted molar refractivity (Wildman–Crippen MR) is 82.3 cm³/mol. The highest BCUT2D eigenvalue weighted by molar-refractivity contribution is 8.02. The van der Waals surface area contributed by atoms with E-state index in [-0.39, 0.29) is 11.2 Å². The third-order valence-electron chi connectivity index (χ3n) is 3.22. The Hall–Kier alpha value is -1.11. The van der Waals surface area contributed by atoms with Crippen LogP contribution < -0.4 is 0 Å². The van der Waals surface area contributed by atoms with Crippen LogP contribution in [-0.4, -0.2) is 47.3 Å². The van der Waals surface area contributed by atoms with E-state index in [0.717, 1.165) is 9.86 Å². The number of thioether (sulfide) groups is 1. The third kappa shape index (κ3) is 2.97. The van der Waals surface area contributed by atoms with Crippen molar-refractivity contribution in [3.8, 4) is 0 Å². The molecule has 1 aromatic heterocycles. The first kappa shape index (κ1) is 13.9. The minimum Gasteiger partial charge on any atom is -0.378 e. The zero-order chi connectivity index (χ0) is 13.9. The average Bonchev–Trinajstić information content (AvgIpc) is 2.89. The Balaban J connectivity index is 1.68. The molecule has 0 bridgehead atoms. The first-order valence-corrected chi connectivity index (χ1v) is 8.32. The maximum Gasteiger partial charge on any atom is 0.236 e. The van der Waals surface area contributed by atoms with Crippen molar-refractivity contribution >= 4 is 39.2 Å². The van der Waals surface area contributed by atoms with E-state index in [4.69, 9.17) is 4.74 Å². The van der Waals surface area contributed by atoms with Gasteiger partial charge >= 0.3 is 0 Å². The van der Waals surface area contributed by atoms with Crippen LogP contribution in [-0.2, 0) is 9.53 Å². The van der Waals surface area contributed by atoms with Crippen LogP contribution in [0.2, 0.25) is 0 Å². The molecule has 1 fully saturated rings. The molecular weight excluding hydrogens is 292 g/mol. The van der Waals surface area contributed by atoms with Gasteiger partial charge in [0.15, 0.2) is 4.34 Å². The van der Waals surface area contributed by atoms with E-state index in [0.29, 0.717) is 26.3 Å². The lowest BCUT2D eigenvalue weighted by molar-refractivity contribution is -0.134. The van der Waals surface area contributed by atoms with Gasteiger partial charge < -0.3 is 9.64 Å². The van der Waals surface area contributed by atoms with Gasteiger partial charge in [-0.25, -0.2) is 4.98 Å². The molecule has 1 saturated heterocycles. The monoisotopic (exact) mass is 308 g/mol. The van der Waals surface area contributed by atoms with Crippen molar-refractivity contribution in [1.29, 1.82) is 0 Å². The number of hydrogen-bond acceptors (Lipinski definition) is 5. The molecule has 0 saturated carbocycles. The molecule has 4 nitrogen and oxygen atoms in total. The number of morpholine rings is 1. The summed E-state index contributed by atoms with van der Waals surface area (Å²) < 4.78 is 7.40. The van der Waals surface area contributed by atoms with Crippen molar-refractivity contribution in [2.75, 3.05) is 26.3 Å². The van der Waals surface area contributed by atoms with Crippen LogP contribution in [0.5, 0.6) is 0 Å². The van der Waals surface area contributed by atoms with Gasteiger partial charge in [-0.15, -0.1) is 11.3 Å². The van der Waals surface area contributed by atoms with E-state index in [9.17, 15) is 4.79 Å². The first-order chi connectivity index (χ1) is 9.74. The minimum atomic E-state index is -0.103. The van der Waals surface area contributed by atoms with Gasteiger partial charge in [0.2, 0.25) is 5.91 Å². The number of nitrogens with zero attached hydrogens (tertiary/aromatic N) is 2. The van der Waals surface area contributed by atoms with Gasteiger partial charge in [0.05, 0.1) is 28.7 Å². The molecule has 0 radical (unpaired) electrons. The van der Waals surface area contributed by atoms with Gasteiger partial charge in [-0.1, -0.05) is 23.9 Å². The molecule has 0 aliphatic carbocycles. The molecule has 1 atom stereocenters. The number of benzene rings is 1. The first-order valence-electron chi connectivity index (χ1n) is 6.63. The molecule has 0 N–H and O–H groups in total. The van der Waals surface area contributed by atoms with E-state index in [1.54, 1.807) is 23.1 Å². The van der Waals surface area contributed by atoms with Crippen molar-refractivity contribution in [3.63, 3.8) is 0 Å². The van der Waals surface area contributed by atoms with E-state index < -0.39 is 0 Å². The molecule has 6 heteroatoms. The summed E-state index contributed by atoms with van der Waals surface area (Å²) in [4.78, 5) is 18.8. The Bertz CT molecular complexity index is 575. The number of hydrogen-bond donors (Lipinski definition) is 0. The summed E-state index contributed by atoms with van der Waals surface area (Å²) in [6.07, 6.45) is 0. The standard InChI is InChI=1S/C14H16N2O2S2/c1-10(13(17)16-6-8-18-9-7-16)19-14-15-11-4-2-3-5-12(11)20-14/h2-5,10H,6-9H2,1H3/t10-/m0/s1. The third-order valence-corrected chi connectivity index (χ3v) is 5.44. The van der Waals surface area contributed by atoms with Gasteiger partial charge in [-0.05, 0) is 19.1 Å². The molecule has 1 amide bonds. The summed E-state index contributed by atoms with van der Waals surface area (Å²) in [7, 11) is 0. The molecular formula is C14H16N2O2S2. The number of aromatic nitrogens is 1. The van der Waals surface area contributed by atoms with Crippen molar-refractivity contribution in [3.05, 3.63) is 24.3 Å². The number of carbonyl (C=O) groups is 1. The highest BCUT2D eigenvalue weighted by Gasteiger charge is 2.24. The van der Waals surface area contributed by atoms with Crippen molar-refractivity contribution < 1.29 is 9.53 Å². The second-order valence-electron chi connectivity index (χ2n) is 4.65. The number of carbonyl (C=O) groups excluding carboxylic acids is 1. The highest BCUT2D eigenvalue weighted by Crippen LogP contribution is 2.32. The fraction of sp³-hybridized carbons (Fsp3) is 0.429. The molecule has 2 aromatic rings. The fourth-order valence-electron chi connectivity index (χ4n) is 2.14. The van der Waals surface area contributed by atoms with Crippen LogP contribution in [0.1, 0.15) is 6.92 Å². The summed E-state index contributed by atoms with van der Waals surface area (Å²) in [6.45, 7) is 4.64. The average molecular weight is 308 g/mol. The molecule has 1 aliphatic heterocycles. The molecule has 20 heavy (non-hydrogen) atoms. The number of para-hydroxylation sites is 1. The topological polar surface area (TPSA) is 42.4 Å². The largest absolute Gasteiger partial charge is 0.378 e. The lowest BCUT2D eigenvalue weighted by atomic mass is 10.3. The van der Waals surface area contributed by atoms with E-state index in [2.05, 4.69) is 11.1 Å². The molecule has 1 aliphatic rings. The fourth-order valence-corrected chi connectivity index (χ4v) is 4.44. The zero-order valence-corrected chi connectivity index (χ0v) is 12.9. The number of ether oxygens (including phenoxy) is 1. The van der Waals surface area contributed by atoms with Gasteiger partial charge in [0, 0.05) is 13.1 Å². The van der Waals surface area contributed by atoms with Crippen molar-refractivity contribution in [1.82, 2.24) is 9.88 Å². The Morgan fingerprint density at radius 1 is 1.40 bits per heavy atom. The highest BCUT2D eigenvalue weighted by atomic mass is 32.2. The normalized spacial score (nSPS) is 17.4. The molecule has 3 rings (SSSR count). The van der Waals surface area contributed by atoms with Gasteiger partial charge in [-0.3, -0.25) is 4.79 Å². The van der Waals surface area contributed by atoms with Crippen molar-refractivity contribution in [2.24, 2.45) is 0 Å². The van der Waals surface area contributed by atoms with Crippen LogP contribution in [0.25, 0.3) is 10.2 Å². The maximum absolute atomic E-state index is 12.3. The smallest absolute Gasteiger partial charge is 0.236 e. The molecule has 2 heterocycles. The summed E-state index contributed by atoms with van der Waals surface area (Å²) in [5.41, 5.74) is 1.01.